The zero-order chi connectivity index (χ0) is 10.7. The summed E-state index contributed by atoms with van der Waals surface area (Å²) in [4.78, 5) is 14.4. The van der Waals surface area contributed by atoms with Gasteiger partial charge in [-0.1, -0.05) is 25.7 Å². The molecule has 86 valence electrons. The molecule has 2 rings (SSSR count). The summed E-state index contributed by atoms with van der Waals surface area (Å²) in [5.74, 6) is 0.815. The van der Waals surface area contributed by atoms with Crippen molar-refractivity contribution in [2.24, 2.45) is 5.92 Å². The maximum absolute atomic E-state index is 12.3. The molecule has 1 saturated heterocycles. The Morgan fingerprint density at radius 1 is 1.00 bits per heavy atom. The van der Waals surface area contributed by atoms with Crippen molar-refractivity contribution in [1.82, 2.24) is 4.90 Å². The first-order chi connectivity index (χ1) is 7.29. The van der Waals surface area contributed by atoms with Gasteiger partial charge in [-0.3, -0.25) is 4.79 Å². The number of hydrogen-bond acceptors (Lipinski definition) is 1. The largest absolute Gasteiger partial charge is 0.340 e. The number of likely N-dealkylation sites (tertiary alicyclic amines) is 1. The van der Waals surface area contributed by atoms with E-state index in [0.717, 1.165) is 19.4 Å². The van der Waals surface area contributed by atoms with Crippen molar-refractivity contribution in [2.75, 3.05) is 6.54 Å². The molecule has 0 radical (unpaired) electrons. The molecule has 2 aliphatic rings. The number of amides is 1. The number of carbonyl (C=O) groups is 1. The molecule has 1 aliphatic heterocycles. The molecule has 1 saturated carbocycles. The lowest BCUT2D eigenvalue weighted by atomic mass is 9.98. The van der Waals surface area contributed by atoms with Crippen molar-refractivity contribution in [2.45, 2.75) is 64.3 Å². The predicted molar refractivity (Wildman–Crippen MR) is 61.6 cm³/mol. The third kappa shape index (κ3) is 2.53. The molecule has 0 aromatic carbocycles. The molecule has 0 spiro atoms. The third-order valence-electron chi connectivity index (χ3n) is 4.04. The fourth-order valence-corrected chi connectivity index (χ4v) is 3.02. The van der Waals surface area contributed by atoms with Crippen LogP contribution in [-0.4, -0.2) is 23.4 Å². The van der Waals surface area contributed by atoms with Gasteiger partial charge in [0.25, 0.3) is 0 Å². The highest BCUT2D eigenvalue weighted by molar-refractivity contribution is 5.79. The molecule has 0 N–H and O–H groups in total. The van der Waals surface area contributed by atoms with Crippen LogP contribution in [0.5, 0.6) is 0 Å². The molecule has 1 heterocycles. The normalized spacial score (nSPS) is 29.1. The second-order valence-corrected chi connectivity index (χ2v) is 5.21. The van der Waals surface area contributed by atoms with Gasteiger partial charge in [0.05, 0.1) is 0 Å². The fourth-order valence-electron chi connectivity index (χ4n) is 3.02. The van der Waals surface area contributed by atoms with Crippen LogP contribution in [0.15, 0.2) is 0 Å². The van der Waals surface area contributed by atoms with Crippen molar-refractivity contribution in [3.05, 3.63) is 0 Å². The van der Waals surface area contributed by atoms with Crippen LogP contribution in [0.4, 0.5) is 0 Å². The number of carbonyl (C=O) groups excluding carboxylic acids is 1. The van der Waals surface area contributed by atoms with Crippen molar-refractivity contribution in [3.8, 4) is 0 Å². The molecular weight excluding hydrogens is 186 g/mol. The topological polar surface area (TPSA) is 20.3 Å². The van der Waals surface area contributed by atoms with Gasteiger partial charge in [0.1, 0.15) is 0 Å². The van der Waals surface area contributed by atoms with E-state index >= 15 is 0 Å². The molecule has 2 fully saturated rings. The zero-order valence-corrected chi connectivity index (χ0v) is 9.87. The van der Waals surface area contributed by atoms with E-state index < -0.39 is 0 Å². The molecule has 0 aromatic rings. The molecule has 15 heavy (non-hydrogen) atoms. The number of rotatable bonds is 1. The maximum Gasteiger partial charge on any atom is 0.225 e. The standard InChI is InChI=1S/C13H23NO/c1-11-7-6-10-14(11)13(15)12-8-4-2-3-5-9-12/h11-12H,2-10H2,1H3/t11-/m0/s1. The summed E-state index contributed by atoms with van der Waals surface area (Å²) in [6, 6.07) is 0.501. The molecule has 1 amide bonds. The Bertz CT molecular complexity index is 219. The maximum atomic E-state index is 12.3. The molecule has 1 aliphatic carbocycles. The molecule has 0 unspecified atom stereocenters. The van der Waals surface area contributed by atoms with E-state index in [1.54, 1.807) is 0 Å². The first kappa shape index (κ1) is 11.0. The summed E-state index contributed by atoms with van der Waals surface area (Å²) >= 11 is 0. The Morgan fingerprint density at radius 2 is 1.67 bits per heavy atom. The highest BCUT2D eigenvalue weighted by Gasteiger charge is 2.30. The summed E-state index contributed by atoms with van der Waals surface area (Å²) in [5.41, 5.74) is 0. The van der Waals surface area contributed by atoms with E-state index in [0.29, 0.717) is 17.9 Å². The molecule has 1 atom stereocenters. The molecular formula is C13H23NO. The monoisotopic (exact) mass is 209 g/mol. The van der Waals surface area contributed by atoms with Gasteiger partial charge in [0.15, 0.2) is 0 Å². The lowest BCUT2D eigenvalue weighted by Gasteiger charge is -2.26. The van der Waals surface area contributed by atoms with Gasteiger partial charge in [-0.05, 0) is 32.6 Å². The number of nitrogens with zero attached hydrogens (tertiary/aromatic N) is 1. The quantitative estimate of drug-likeness (QED) is 0.608. The summed E-state index contributed by atoms with van der Waals surface area (Å²) in [5, 5.41) is 0. The van der Waals surface area contributed by atoms with Crippen LogP contribution in [0.1, 0.15) is 58.3 Å². The molecule has 2 heteroatoms. The summed E-state index contributed by atoms with van der Waals surface area (Å²) in [7, 11) is 0. The average molecular weight is 209 g/mol. The van der Waals surface area contributed by atoms with Crippen molar-refractivity contribution >= 4 is 5.91 Å². The van der Waals surface area contributed by atoms with Crippen molar-refractivity contribution in [3.63, 3.8) is 0 Å². The zero-order valence-electron chi connectivity index (χ0n) is 9.87. The van der Waals surface area contributed by atoms with Crippen LogP contribution >= 0.6 is 0 Å². The van der Waals surface area contributed by atoms with Gasteiger partial charge in [-0.15, -0.1) is 0 Å². The SMILES string of the molecule is C[C@H]1CCCN1C(=O)C1CCCCCC1. The van der Waals surface area contributed by atoms with Crippen LogP contribution in [0.25, 0.3) is 0 Å². The van der Waals surface area contributed by atoms with Crippen LogP contribution in [0.3, 0.4) is 0 Å². The summed E-state index contributed by atoms with van der Waals surface area (Å²) in [6.07, 6.45) is 9.89. The molecule has 0 bridgehead atoms. The average Bonchev–Trinajstić information content (AvgIpc) is 2.53. The Labute approximate surface area is 93.0 Å². The Hall–Kier alpha value is -0.530. The van der Waals surface area contributed by atoms with Gasteiger partial charge in [0, 0.05) is 18.5 Å². The smallest absolute Gasteiger partial charge is 0.225 e. The second kappa shape index (κ2) is 5.00. The van der Waals surface area contributed by atoms with E-state index in [1.807, 2.05) is 0 Å². The van der Waals surface area contributed by atoms with E-state index in [2.05, 4.69) is 11.8 Å². The van der Waals surface area contributed by atoms with Crippen molar-refractivity contribution < 1.29 is 4.79 Å². The van der Waals surface area contributed by atoms with Crippen molar-refractivity contribution in [1.29, 1.82) is 0 Å². The van der Waals surface area contributed by atoms with E-state index in [1.165, 1.54) is 38.5 Å². The van der Waals surface area contributed by atoms with Gasteiger partial charge in [-0.2, -0.15) is 0 Å². The highest BCUT2D eigenvalue weighted by atomic mass is 16.2. The van der Waals surface area contributed by atoms with E-state index in [4.69, 9.17) is 0 Å². The Balaban J connectivity index is 1.93. The summed E-state index contributed by atoms with van der Waals surface area (Å²) in [6.45, 7) is 3.21. The minimum absolute atomic E-state index is 0.355. The molecule has 0 aromatic heterocycles. The van der Waals surface area contributed by atoms with Crippen LogP contribution in [0, 0.1) is 5.92 Å². The van der Waals surface area contributed by atoms with E-state index in [9.17, 15) is 4.79 Å². The van der Waals surface area contributed by atoms with Gasteiger partial charge in [0.2, 0.25) is 5.91 Å². The van der Waals surface area contributed by atoms with Crippen LogP contribution in [-0.2, 0) is 4.79 Å². The second-order valence-electron chi connectivity index (χ2n) is 5.21. The minimum atomic E-state index is 0.355. The first-order valence-electron chi connectivity index (χ1n) is 6.59. The lowest BCUT2D eigenvalue weighted by molar-refractivity contribution is -0.136. The Kier molecular flexibility index (Phi) is 3.66. The highest BCUT2D eigenvalue weighted by Crippen LogP contribution is 2.27. The Morgan fingerprint density at radius 3 is 2.20 bits per heavy atom. The van der Waals surface area contributed by atoms with Gasteiger partial charge >= 0.3 is 0 Å². The van der Waals surface area contributed by atoms with Gasteiger partial charge in [-0.25, -0.2) is 0 Å². The fraction of sp³-hybridized carbons (Fsp3) is 0.923. The van der Waals surface area contributed by atoms with Crippen LogP contribution < -0.4 is 0 Å². The summed E-state index contributed by atoms with van der Waals surface area (Å²) < 4.78 is 0. The first-order valence-corrected chi connectivity index (χ1v) is 6.59. The third-order valence-corrected chi connectivity index (χ3v) is 4.04. The lowest BCUT2D eigenvalue weighted by Crippen LogP contribution is -2.38. The number of hydrogen-bond donors (Lipinski definition) is 0. The molecule has 2 nitrogen and oxygen atoms in total. The van der Waals surface area contributed by atoms with E-state index in [-0.39, 0.29) is 0 Å². The minimum Gasteiger partial charge on any atom is -0.340 e. The van der Waals surface area contributed by atoms with Gasteiger partial charge < -0.3 is 4.90 Å². The predicted octanol–water partition coefficient (Wildman–Crippen LogP) is 2.97. The van der Waals surface area contributed by atoms with Crippen LogP contribution in [0.2, 0.25) is 0 Å².